The van der Waals surface area contributed by atoms with Crippen molar-refractivity contribution in [2.24, 2.45) is 0 Å². The molecule has 0 saturated heterocycles. The monoisotopic (exact) mass is 372 g/mol. The molecule has 4 nitrogen and oxygen atoms in total. The van der Waals surface area contributed by atoms with E-state index in [2.05, 4.69) is 35.7 Å². The first-order valence-corrected chi connectivity index (χ1v) is 10.6. The van der Waals surface area contributed by atoms with Gasteiger partial charge in [-0.25, -0.2) is 4.79 Å². The van der Waals surface area contributed by atoms with Crippen LogP contribution in [-0.2, 0) is 9.47 Å². The van der Waals surface area contributed by atoms with E-state index < -0.39 is 38.8 Å². The maximum atomic E-state index is 12.1. The topological polar surface area (TPSA) is 55.8 Å². The van der Waals surface area contributed by atoms with E-state index >= 15 is 0 Å². The minimum atomic E-state index is -6.03. The minimum Gasteiger partial charge on any atom is -0.434 e. The van der Waals surface area contributed by atoms with Crippen molar-refractivity contribution in [2.75, 3.05) is 13.2 Å². The first-order chi connectivity index (χ1) is 9.95. The maximum absolute atomic E-state index is 12.1. The van der Waals surface area contributed by atoms with Crippen LogP contribution in [0.15, 0.2) is 0 Å². The molecule has 0 heterocycles. The molecule has 11 heteroatoms. The van der Waals surface area contributed by atoms with Crippen molar-refractivity contribution in [2.45, 2.75) is 57.5 Å². The molecule has 0 unspecified atom stereocenters. The van der Waals surface area contributed by atoms with Gasteiger partial charge in [0, 0.05) is 8.07 Å². The van der Waals surface area contributed by atoms with Gasteiger partial charge in [-0.3, -0.25) is 0 Å². The average molecular weight is 372 g/mol. The zero-order valence-electron chi connectivity index (χ0n) is 13.6. The van der Waals surface area contributed by atoms with E-state index in [1.165, 1.54) is 0 Å². The second-order valence-electron chi connectivity index (χ2n) is 6.24. The number of aliphatic hydroxyl groups is 1. The Hall–Kier alpha value is -0.973. The molecule has 0 aliphatic heterocycles. The zero-order valence-corrected chi connectivity index (χ0v) is 14.6. The largest absolute Gasteiger partial charge is 0.508 e. The summed E-state index contributed by atoms with van der Waals surface area (Å²) in [6, 6.07) is 0. The van der Waals surface area contributed by atoms with Crippen LogP contribution in [0.5, 0.6) is 0 Å². The summed E-state index contributed by atoms with van der Waals surface area (Å²) < 4.78 is 80.3. The summed E-state index contributed by atoms with van der Waals surface area (Å²) in [5, 5.41) is 8.58. The standard InChI is InChI=1S/C8H10F6O4.C4H12Si/c1-2-3-17-5(15)18-4-6(16,7(9,10)11)8(12,13)14;1-5(2,3)4/h16H,2-4H2,1H3;1-4H3. The molecular formula is C12H22F6O4Si. The molecule has 1 N–H and O–H groups in total. The number of hydrogen-bond donors (Lipinski definition) is 1. The Kier molecular flexibility index (Phi) is 9.25. The van der Waals surface area contributed by atoms with Crippen LogP contribution >= 0.6 is 0 Å². The molecule has 0 rings (SSSR count). The van der Waals surface area contributed by atoms with Crippen molar-refractivity contribution in [1.29, 1.82) is 0 Å². The molecule has 0 radical (unpaired) electrons. The van der Waals surface area contributed by atoms with Gasteiger partial charge >= 0.3 is 18.5 Å². The quantitative estimate of drug-likeness (QED) is 0.453. The fourth-order valence-corrected chi connectivity index (χ4v) is 0.715. The van der Waals surface area contributed by atoms with E-state index in [0.717, 1.165) is 0 Å². The van der Waals surface area contributed by atoms with Gasteiger partial charge in [0.2, 0.25) is 0 Å². The van der Waals surface area contributed by atoms with Crippen molar-refractivity contribution < 1.29 is 45.7 Å². The molecule has 0 saturated carbocycles. The molecule has 0 aliphatic carbocycles. The van der Waals surface area contributed by atoms with E-state index in [1.54, 1.807) is 6.92 Å². The van der Waals surface area contributed by atoms with Gasteiger partial charge in [0.25, 0.3) is 5.60 Å². The summed E-state index contributed by atoms with van der Waals surface area (Å²) in [4.78, 5) is 10.6. The smallest absolute Gasteiger partial charge is 0.434 e. The van der Waals surface area contributed by atoms with Crippen LogP contribution in [0.2, 0.25) is 26.2 Å². The number of hydrogen-bond acceptors (Lipinski definition) is 4. The number of carbonyl (C=O) groups excluding carboxylic acids is 1. The van der Waals surface area contributed by atoms with Gasteiger partial charge in [-0.15, -0.1) is 0 Å². The highest BCUT2D eigenvalue weighted by molar-refractivity contribution is 6.74. The number of rotatable bonds is 4. The second-order valence-corrected chi connectivity index (χ2v) is 12.2. The molecule has 0 aromatic carbocycles. The molecule has 0 bridgehead atoms. The van der Waals surface area contributed by atoms with Crippen LogP contribution in [0, 0.1) is 0 Å². The van der Waals surface area contributed by atoms with Crippen molar-refractivity contribution in [3.63, 3.8) is 0 Å². The molecular weight excluding hydrogens is 350 g/mol. The summed E-state index contributed by atoms with van der Waals surface area (Å²) >= 11 is 0. The molecule has 140 valence electrons. The van der Waals surface area contributed by atoms with Gasteiger partial charge in [-0.1, -0.05) is 33.1 Å². The third-order valence-electron chi connectivity index (χ3n) is 1.76. The molecule has 23 heavy (non-hydrogen) atoms. The van der Waals surface area contributed by atoms with Crippen LogP contribution in [0.25, 0.3) is 0 Å². The summed E-state index contributed by atoms with van der Waals surface area (Å²) in [6.07, 6.45) is -13.5. The third kappa shape index (κ3) is 10.4. The minimum absolute atomic E-state index is 0.227. The van der Waals surface area contributed by atoms with Crippen molar-refractivity contribution in [1.82, 2.24) is 0 Å². The van der Waals surface area contributed by atoms with Gasteiger partial charge in [0.1, 0.15) is 6.61 Å². The highest BCUT2D eigenvalue weighted by Crippen LogP contribution is 2.43. The third-order valence-corrected chi connectivity index (χ3v) is 1.76. The normalized spacial score (nSPS) is 13.0. The van der Waals surface area contributed by atoms with E-state index in [-0.39, 0.29) is 6.61 Å². The zero-order chi connectivity index (χ0) is 19.1. The second kappa shape index (κ2) is 8.76. The van der Waals surface area contributed by atoms with E-state index in [1.807, 2.05) is 0 Å². The molecule has 0 aliphatic rings. The number of ether oxygens (including phenoxy) is 2. The Morgan fingerprint density at radius 3 is 1.57 bits per heavy atom. The Bertz CT molecular complexity index is 342. The number of halogens is 6. The molecule has 0 fully saturated rings. The molecule has 0 atom stereocenters. The SMILES string of the molecule is CCCOC(=O)OCC(O)(C(F)(F)F)C(F)(F)F.C[Si](C)(C)C. The summed E-state index contributed by atoms with van der Waals surface area (Å²) in [7, 11) is -0.611. The van der Waals surface area contributed by atoms with Crippen LogP contribution < -0.4 is 0 Å². The van der Waals surface area contributed by atoms with Crippen molar-refractivity contribution >= 4 is 14.2 Å². The van der Waals surface area contributed by atoms with Gasteiger partial charge < -0.3 is 14.6 Å². The lowest BCUT2D eigenvalue weighted by atomic mass is 10.1. The van der Waals surface area contributed by atoms with Crippen LogP contribution in [0.1, 0.15) is 13.3 Å². The molecule has 0 spiro atoms. The van der Waals surface area contributed by atoms with Gasteiger partial charge in [0.15, 0.2) is 0 Å². The summed E-state index contributed by atoms with van der Waals surface area (Å²) in [5.74, 6) is 0. The Balaban J connectivity index is 0. The van der Waals surface area contributed by atoms with E-state index in [0.29, 0.717) is 6.42 Å². The maximum Gasteiger partial charge on any atom is 0.508 e. The van der Waals surface area contributed by atoms with Crippen LogP contribution in [0.3, 0.4) is 0 Å². The molecule has 0 aromatic heterocycles. The highest BCUT2D eigenvalue weighted by atomic mass is 28.3. The molecule has 0 aromatic rings. The highest BCUT2D eigenvalue weighted by Gasteiger charge is 2.71. The van der Waals surface area contributed by atoms with Gasteiger partial charge in [-0.05, 0) is 6.42 Å². The van der Waals surface area contributed by atoms with Crippen molar-refractivity contribution in [3.05, 3.63) is 0 Å². The number of alkyl halides is 6. The Morgan fingerprint density at radius 2 is 1.30 bits per heavy atom. The van der Waals surface area contributed by atoms with Gasteiger partial charge in [0.05, 0.1) is 6.61 Å². The molecule has 0 amide bonds. The van der Waals surface area contributed by atoms with Crippen LogP contribution in [0.4, 0.5) is 31.1 Å². The predicted molar refractivity (Wildman–Crippen MR) is 73.9 cm³/mol. The Labute approximate surface area is 131 Å². The first-order valence-electron chi connectivity index (χ1n) is 6.61. The van der Waals surface area contributed by atoms with E-state index in [9.17, 15) is 31.1 Å². The summed E-state index contributed by atoms with van der Waals surface area (Å²) in [6.45, 7) is 8.31. The summed E-state index contributed by atoms with van der Waals surface area (Å²) in [5.41, 5.74) is -5.12. The lowest BCUT2D eigenvalue weighted by Gasteiger charge is -2.31. The van der Waals surface area contributed by atoms with Crippen molar-refractivity contribution in [3.8, 4) is 0 Å². The van der Waals surface area contributed by atoms with Gasteiger partial charge in [-0.2, -0.15) is 26.3 Å². The fraction of sp³-hybridized carbons (Fsp3) is 0.917. The first kappa shape index (κ1) is 24.3. The van der Waals surface area contributed by atoms with Crippen LogP contribution in [-0.4, -0.2) is 50.5 Å². The lowest BCUT2D eigenvalue weighted by Crippen LogP contribution is -2.60. The predicted octanol–water partition coefficient (Wildman–Crippen LogP) is 4.36. The number of carbonyl (C=O) groups is 1. The Morgan fingerprint density at radius 1 is 0.957 bits per heavy atom. The fourth-order valence-electron chi connectivity index (χ4n) is 0.715. The average Bonchev–Trinajstić information content (AvgIpc) is 2.28. The lowest BCUT2D eigenvalue weighted by molar-refractivity contribution is -0.375. The van der Waals surface area contributed by atoms with E-state index in [4.69, 9.17) is 5.11 Å².